The number of nitrogens with zero attached hydrogens (tertiary/aromatic N) is 6. The molecule has 0 aliphatic heterocycles. The number of hydrogen-bond donors (Lipinski definition) is 0. The predicted molar refractivity (Wildman–Crippen MR) is 88.1 cm³/mol. The zero-order chi connectivity index (χ0) is 17.1. The fourth-order valence-corrected chi connectivity index (χ4v) is 2.11. The minimum atomic E-state index is -0.326. The molecule has 124 valence electrons. The van der Waals surface area contributed by atoms with E-state index in [0.29, 0.717) is 17.5 Å². The van der Waals surface area contributed by atoms with Crippen LogP contribution in [0.4, 0.5) is 10.3 Å². The van der Waals surface area contributed by atoms with Gasteiger partial charge in [0.05, 0.1) is 12.0 Å². The molecule has 0 spiro atoms. The van der Waals surface area contributed by atoms with Crippen molar-refractivity contribution in [2.24, 2.45) is 4.99 Å². The Kier molecular flexibility index (Phi) is 4.37. The van der Waals surface area contributed by atoms with Crippen LogP contribution >= 0.6 is 0 Å². The van der Waals surface area contributed by atoms with Crippen molar-refractivity contribution in [3.8, 4) is 5.75 Å². The van der Waals surface area contributed by atoms with E-state index in [0.717, 1.165) is 5.69 Å². The Morgan fingerprint density at radius 1 is 1.25 bits per heavy atom. The van der Waals surface area contributed by atoms with Gasteiger partial charge in [-0.2, -0.15) is 9.50 Å². The number of aromatic nitrogens is 4. The minimum absolute atomic E-state index is 0.305. The highest BCUT2D eigenvalue weighted by Crippen LogP contribution is 2.22. The summed E-state index contributed by atoms with van der Waals surface area (Å²) in [7, 11) is 3.73. The molecule has 0 bridgehead atoms. The molecule has 3 rings (SSSR count). The first-order chi connectivity index (χ1) is 11.5. The van der Waals surface area contributed by atoms with E-state index in [1.165, 1.54) is 12.1 Å². The smallest absolute Gasteiger partial charge is 0.272 e. The summed E-state index contributed by atoms with van der Waals surface area (Å²) in [5.74, 6) is 1.02. The van der Waals surface area contributed by atoms with E-state index in [4.69, 9.17) is 4.74 Å². The van der Waals surface area contributed by atoms with Crippen molar-refractivity contribution in [3.05, 3.63) is 48.0 Å². The van der Waals surface area contributed by atoms with E-state index in [-0.39, 0.29) is 11.9 Å². The summed E-state index contributed by atoms with van der Waals surface area (Å²) >= 11 is 0. The molecule has 0 saturated heterocycles. The maximum atomic E-state index is 13.0. The first kappa shape index (κ1) is 15.9. The molecule has 0 unspecified atom stereocenters. The monoisotopic (exact) mass is 328 g/mol. The number of fused-ring (bicyclic) bond motifs is 1. The molecule has 0 amide bonds. The highest BCUT2D eigenvalue weighted by Gasteiger charge is 2.15. The van der Waals surface area contributed by atoms with Crippen LogP contribution in [0.2, 0.25) is 0 Å². The number of hydrogen-bond acceptors (Lipinski definition) is 5. The molecular formula is C16H17FN6O. The Morgan fingerprint density at radius 2 is 2.00 bits per heavy atom. The summed E-state index contributed by atoms with van der Waals surface area (Å²) in [5.41, 5.74) is 0.767. The zero-order valence-electron chi connectivity index (χ0n) is 13.6. The van der Waals surface area contributed by atoms with Crippen molar-refractivity contribution in [3.63, 3.8) is 0 Å². The second kappa shape index (κ2) is 6.61. The lowest BCUT2D eigenvalue weighted by Gasteiger charge is -2.15. The maximum Gasteiger partial charge on any atom is 0.272 e. The van der Waals surface area contributed by atoms with Crippen LogP contribution in [-0.2, 0) is 0 Å². The van der Waals surface area contributed by atoms with Crippen molar-refractivity contribution >= 4 is 18.1 Å². The van der Waals surface area contributed by atoms with Crippen molar-refractivity contribution in [1.29, 1.82) is 0 Å². The van der Waals surface area contributed by atoms with Gasteiger partial charge in [0, 0.05) is 20.3 Å². The fraction of sp³-hybridized carbons (Fsp3) is 0.250. The molecule has 0 radical (unpaired) electrons. The molecule has 1 aromatic carbocycles. The fourth-order valence-electron chi connectivity index (χ4n) is 2.11. The Hall–Kier alpha value is -3.03. The van der Waals surface area contributed by atoms with Gasteiger partial charge in [-0.05, 0) is 37.3 Å². The summed E-state index contributed by atoms with van der Waals surface area (Å²) < 4.78 is 20.4. The van der Waals surface area contributed by atoms with E-state index in [1.807, 2.05) is 21.0 Å². The Labute approximate surface area is 138 Å². The van der Waals surface area contributed by atoms with Gasteiger partial charge in [-0.25, -0.2) is 14.4 Å². The molecule has 0 fully saturated rings. The molecular weight excluding hydrogens is 311 g/mol. The molecule has 2 heterocycles. The van der Waals surface area contributed by atoms with Crippen LogP contribution in [0.3, 0.4) is 0 Å². The van der Waals surface area contributed by atoms with Crippen LogP contribution in [0, 0.1) is 5.82 Å². The molecule has 0 aliphatic carbocycles. The first-order valence-electron chi connectivity index (χ1n) is 7.37. The van der Waals surface area contributed by atoms with Gasteiger partial charge in [0.25, 0.3) is 11.7 Å². The van der Waals surface area contributed by atoms with E-state index >= 15 is 0 Å². The first-order valence-corrected chi connectivity index (χ1v) is 7.37. The van der Waals surface area contributed by atoms with Crippen molar-refractivity contribution in [2.45, 2.75) is 13.0 Å². The standard InChI is InChI=1S/C16H17FN6O/c1-11(24-13-6-4-12(17)5-7-13)14-8-9-18-16-20-15(21-23(14)16)19-10-22(2)3/h4-11H,1-3H3/t11-/m1/s1. The Balaban J connectivity index is 1.89. The molecule has 7 nitrogen and oxygen atoms in total. The quantitative estimate of drug-likeness (QED) is 0.532. The lowest BCUT2D eigenvalue weighted by atomic mass is 10.2. The van der Waals surface area contributed by atoms with Gasteiger partial charge in [0.2, 0.25) is 0 Å². The lowest BCUT2D eigenvalue weighted by Crippen LogP contribution is -2.10. The second-order valence-corrected chi connectivity index (χ2v) is 5.42. The minimum Gasteiger partial charge on any atom is -0.484 e. The van der Waals surface area contributed by atoms with E-state index in [2.05, 4.69) is 20.1 Å². The molecule has 24 heavy (non-hydrogen) atoms. The van der Waals surface area contributed by atoms with Gasteiger partial charge in [0.15, 0.2) is 0 Å². The summed E-state index contributed by atoms with van der Waals surface area (Å²) in [6.07, 6.45) is 2.93. The van der Waals surface area contributed by atoms with Crippen LogP contribution in [0.1, 0.15) is 18.7 Å². The Bertz CT molecular complexity index is 859. The van der Waals surface area contributed by atoms with Crippen LogP contribution in [-0.4, -0.2) is 44.9 Å². The highest BCUT2D eigenvalue weighted by atomic mass is 19.1. The molecule has 3 aromatic rings. The third kappa shape index (κ3) is 3.48. The highest BCUT2D eigenvalue weighted by molar-refractivity contribution is 5.58. The van der Waals surface area contributed by atoms with Gasteiger partial charge in [0.1, 0.15) is 17.7 Å². The molecule has 8 heteroatoms. The van der Waals surface area contributed by atoms with Crippen LogP contribution in [0.15, 0.2) is 41.5 Å². The third-order valence-electron chi connectivity index (χ3n) is 3.21. The average molecular weight is 328 g/mol. The predicted octanol–water partition coefficient (Wildman–Crippen LogP) is 2.62. The van der Waals surface area contributed by atoms with Gasteiger partial charge in [-0.1, -0.05) is 0 Å². The second-order valence-electron chi connectivity index (χ2n) is 5.42. The molecule has 2 aromatic heterocycles. The van der Waals surface area contributed by atoms with Gasteiger partial charge < -0.3 is 9.64 Å². The van der Waals surface area contributed by atoms with Crippen LogP contribution in [0.5, 0.6) is 5.75 Å². The summed E-state index contributed by atoms with van der Waals surface area (Å²) in [4.78, 5) is 14.4. The average Bonchev–Trinajstić information content (AvgIpc) is 2.98. The Morgan fingerprint density at radius 3 is 2.71 bits per heavy atom. The normalized spacial score (nSPS) is 12.7. The van der Waals surface area contributed by atoms with Gasteiger partial charge >= 0.3 is 0 Å². The zero-order valence-corrected chi connectivity index (χ0v) is 13.6. The molecule has 0 N–H and O–H groups in total. The van der Waals surface area contributed by atoms with E-state index in [9.17, 15) is 4.39 Å². The van der Waals surface area contributed by atoms with Crippen LogP contribution < -0.4 is 4.74 Å². The summed E-state index contributed by atoms with van der Waals surface area (Å²) in [6, 6.07) is 7.67. The van der Waals surface area contributed by atoms with Crippen molar-refractivity contribution < 1.29 is 9.13 Å². The number of halogens is 1. The van der Waals surface area contributed by atoms with Gasteiger partial charge in [-0.15, -0.1) is 5.10 Å². The van der Waals surface area contributed by atoms with Crippen molar-refractivity contribution in [1.82, 2.24) is 24.5 Å². The van der Waals surface area contributed by atoms with E-state index < -0.39 is 0 Å². The van der Waals surface area contributed by atoms with Crippen molar-refractivity contribution in [2.75, 3.05) is 14.1 Å². The molecule has 0 saturated carbocycles. The summed E-state index contributed by atoms with van der Waals surface area (Å²) in [5, 5.41) is 4.34. The van der Waals surface area contributed by atoms with Gasteiger partial charge in [-0.3, -0.25) is 0 Å². The number of rotatable bonds is 5. The molecule has 0 aliphatic rings. The summed E-state index contributed by atoms with van der Waals surface area (Å²) in [6.45, 7) is 1.88. The topological polar surface area (TPSA) is 67.9 Å². The van der Waals surface area contributed by atoms with Crippen LogP contribution in [0.25, 0.3) is 5.78 Å². The molecule has 1 atom stereocenters. The largest absolute Gasteiger partial charge is 0.484 e. The SMILES string of the molecule is C[C@@H](Oc1ccc(F)cc1)c1ccnc2nc(N=CN(C)C)nn12. The van der Waals surface area contributed by atoms with E-state index in [1.54, 1.807) is 40.1 Å². The number of benzene rings is 1. The maximum absolute atomic E-state index is 13.0. The lowest BCUT2D eigenvalue weighted by molar-refractivity contribution is 0.218. The number of ether oxygens (including phenoxy) is 1. The third-order valence-corrected chi connectivity index (χ3v) is 3.21. The number of aliphatic imine (C=N–C) groups is 1.